The zero-order valence-electron chi connectivity index (χ0n) is 40.7. The number of hydrogen-bond acceptors (Lipinski definition) is 17. The Morgan fingerprint density at radius 3 is 1.16 bits per heavy atom. The van der Waals surface area contributed by atoms with Crippen molar-refractivity contribution in [1.29, 1.82) is 0 Å². The molecule has 4 aromatic rings. The fraction of sp³-hybridized carbons (Fsp3) is 0.435. The molecule has 0 aliphatic heterocycles. The first kappa shape index (κ1) is 63.5. The minimum Gasteiger partial charge on any atom is -0.550 e. The molecule has 70 heavy (non-hydrogen) atoms. The van der Waals surface area contributed by atoms with Gasteiger partial charge in [-0.15, -0.1) is 0 Å². The molecular formula is C46H61CaF2N7O12S2. The maximum atomic E-state index is 13.5. The van der Waals surface area contributed by atoms with Crippen LogP contribution in [-0.2, 0) is 29.6 Å². The van der Waals surface area contributed by atoms with Crippen LogP contribution in [-0.4, -0.2) is 172 Å². The van der Waals surface area contributed by atoms with Gasteiger partial charge in [0, 0.05) is 74.0 Å². The van der Waals surface area contributed by atoms with Crippen molar-refractivity contribution in [3.63, 3.8) is 0 Å². The number of anilines is 2. The van der Waals surface area contributed by atoms with Crippen LogP contribution in [0.4, 0.5) is 20.7 Å². The Hall–Kier alpha value is -4.56. The Bertz CT molecular complexity index is 2450. The number of carboxylic acids is 2. The van der Waals surface area contributed by atoms with Crippen LogP contribution < -0.4 is 24.1 Å². The van der Waals surface area contributed by atoms with E-state index in [1.54, 1.807) is 0 Å². The summed E-state index contributed by atoms with van der Waals surface area (Å²) in [4.78, 5) is 38.9. The van der Waals surface area contributed by atoms with Gasteiger partial charge >= 0.3 is 37.7 Å². The molecule has 19 nitrogen and oxygen atoms in total. The summed E-state index contributed by atoms with van der Waals surface area (Å²) in [6.07, 6.45) is 1.16. The second-order valence-corrected chi connectivity index (χ2v) is 20.4. The van der Waals surface area contributed by atoms with Crippen molar-refractivity contribution in [2.24, 2.45) is 0 Å². The summed E-state index contributed by atoms with van der Waals surface area (Å²) in [6.45, 7) is 7.38. The summed E-state index contributed by atoms with van der Waals surface area (Å²) in [7, 11) is -0.922. The molecule has 2 aromatic heterocycles. The van der Waals surface area contributed by atoms with E-state index in [1.165, 1.54) is 86.9 Å². The van der Waals surface area contributed by atoms with E-state index in [0.29, 0.717) is 45.0 Å². The van der Waals surface area contributed by atoms with Crippen molar-refractivity contribution in [3.8, 4) is 22.5 Å². The van der Waals surface area contributed by atoms with Gasteiger partial charge in [0.15, 0.2) is 0 Å². The third kappa shape index (κ3) is 20.7. The van der Waals surface area contributed by atoms with Crippen LogP contribution in [0.5, 0.6) is 0 Å². The summed E-state index contributed by atoms with van der Waals surface area (Å²) < 4.78 is 77.1. The molecule has 0 saturated heterocycles. The van der Waals surface area contributed by atoms with Crippen molar-refractivity contribution < 1.29 is 65.8 Å². The molecule has 0 radical (unpaired) electrons. The van der Waals surface area contributed by atoms with E-state index in [4.69, 9.17) is 0 Å². The van der Waals surface area contributed by atoms with E-state index in [1.807, 2.05) is 41.8 Å². The molecule has 0 aliphatic rings. The van der Waals surface area contributed by atoms with Gasteiger partial charge in [-0.3, -0.25) is 0 Å². The zero-order valence-corrected chi connectivity index (χ0v) is 44.6. The molecule has 24 heteroatoms. The standard InChI is InChI=1S/2C22H28FN3O6S.C2H7N.Ca/c2*1-13(2)20-18(10-9-16(27)11-17(28)12-19(29)30)21(14-5-7-15(23)8-6-14)25-22(24-20)26(3)33(4,31)32;1-3-2;/h2*5-10,13,16-17,27-28H,11-12H2,1-4H3,(H,29,30);3H,1-2H3;/q;;;+2/p-2/t2*16-,17-;;/m11../s1. The Labute approximate surface area is 438 Å². The zero-order chi connectivity index (χ0) is 52.6. The number of aromatic nitrogens is 4. The molecule has 0 bridgehead atoms. The largest absolute Gasteiger partial charge is 2.00 e. The maximum absolute atomic E-state index is 13.5. The summed E-state index contributed by atoms with van der Waals surface area (Å²) >= 11 is 0. The van der Waals surface area contributed by atoms with E-state index in [2.05, 4.69) is 25.3 Å². The van der Waals surface area contributed by atoms with Crippen LogP contribution in [0.25, 0.3) is 34.7 Å². The van der Waals surface area contributed by atoms with Gasteiger partial charge in [-0.25, -0.2) is 54.2 Å². The number of aliphatic carboxylic acids is 2. The molecule has 380 valence electrons. The molecule has 5 N–H and O–H groups in total. The van der Waals surface area contributed by atoms with Gasteiger partial charge in [0.1, 0.15) is 11.6 Å². The molecule has 0 unspecified atom stereocenters. The Morgan fingerprint density at radius 2 is 0.914 bits per heavy atom. The number of benzene rings is 2. The van der Waals surface area contributed by atoms with Crippen LogP contribution >= 0.6 is 0 Å². The van der Waals surface area contributed by atoms with Gasteiger partial charge in [0.05, 0.1) is 59.7 Å². The van der Waals surface area contributed by atoms with Gasteiger partial charge < -0.3 is 45.5 Å². The van der Waals surface area contributed by atoms with E-state index in [-0.39, 0.29) is 74.3 Å². The first-order valence-electron chi connectivity index (χ1n) is 21.3. The summed E-state index contributed by atoms with van der Waals surface area (Å²) in [5.41, 5.74) is 3.52. The summed E-state index contributed by atoms with van der Waals surface area (Å²) in [5, 5.41) is 63.9. The Kier molecular flexibility index (Phi) is 26.4. The van der Waals surface area contributed by atoms with Crippen molar-refractivity contribution in [1.82, 2.24) is 25.3 Å². The van der Waals surface area contributed by atoms with Crippen molar-refractivity contribution >= 4 is 93.8 Å². The maximum Gasteiger partial charge on any atom is 2.00 e. The monoisotopic (exact) mass is 1050 g/mol. The van der Waals surface area contributed by atoms with Crippen LogP contribution in [0.3, 0.4) is 0 Å². The van der Waals surface area contributed by atoms with Crippen LogP contribution in [0.2, 0.25) is 0 Å². The number of carbonyl (C=O) groups is 2. The molecule has 0 fully saturated rings. The van der Waals surface area contributed by atoms with Crippen LogP contribution in [0, 0.1) is 11.6 Å². The van der Waals surface area contributed by atoms with Crippen LogP contribution in [0.15, 0.2) is 60.7 Å². The number of aliphatic hydroxyl groups excluding tert-OH is 4. The molecule has 0 spiro atoms. The van der Waals surface area contributed by atoms with Gasteiger partial charge in [-0.1, -0.05) is 52.0 Å². The van der Waals surface area contributed by atoms with Crippen molar-refractivity contribution in [3.05, 3.63) is 94.8 Å². The number of hydrogen-bond donors (Lipinski definition) is 5. The molecule has 0 amide bonds. The number of rotatable bonds is 20. The first-order chi connectivity index (χ1) is 32.0. The quantitative estimate of drug-likeness (QED) is 0.0785. The number of nitrogens with zero attached hydrogens (tertiary/aromatic N) is 6. The minimum absolute atomic E-state index is 0. The number of halogens is 2. The van der Waals surface area contributed by atoms with E-state index in [9.17, 15) is 65.8 Å². The third-order valence-corrected chi connectivity index (χ3v) is 11.9. The predicted molar refractivity (Wildman–Crippen MR) is 261 cm³/mol. The number of nitrogens with one attached hydrogen (secondary N) is 1. The normalized spacial score (nSPS) is 13.4. The summed E-state index contributed by atoms with van der Waals surface area (Å²) in [5.74, 6) is -4.28. The average Bonchev–Trinajstić information content (AvgIpc) is 3.23. The van der Waals surface area contributed by atoms with Crippen molar-refractivity contribution in [2.75, 3.05) is 49.3 Å². The SMILES string of the molecule is CC(C)c1nc(N(C)S(C)(=O)=O)nc(-c2ccc(F)cc2)c1C=C[C@@H](O)C[C@@H](O)CC(=O)[O-].CC(C)c1nc(N(C)S(C)(=O)=O)nc(-c2ccc(F)cc2)c1C=C[C@@H](O)C[C@@H](O)CC(=O)[O-].CNC.[Ca+2]. The van der Waals surface area contributed by atoms with Gasteiger partial charge in [0.2, 0.25) is 31.9 Å². The summed E-state index contributed by atoms with van der Waals surface area (Å²) in [6, 6.07) is 10.9. The molecule has 4 rings (SSSR count). The Balaban J connectivity index is 0.000000654. The van der Waals surface area contributed by atoms with Crippen molar-refractivity contribution in [2.45, 2.75) is 89.6 Å². The van der Waals surface area contributed by atoms with E-state index in [0.717, 1.165) is 21.1 Å². The second kappa shape index (κ2) is 29.1. The second-order valence-electron chi connectivity index (χ2n) is 16.4. The molecular weight excluding hydrogens is 985 g/mol. The average molecular weight is 1050 g/mol. The fourth-order valence-corrected chi connectivity index (χ4v) is 6.83. The van der Waals surface area contributed by atoms with Gasteiger partial charge in [0.25, 0.3) is 0 Å². The molecule has 4 atom stereocenters. The molecule has 2 aromatic carbocycles. The van der Waals surface area contributed by atoms with Gasteiger partial charge in [-0.2, -0.15) is 0 Å². The molecule has 0 saturated carbocycles. The number of sulfonamides is 2. The number of aliphatic hydroxyl groups is 4. The predicted octanol–water partition coefficient (Wildman–Crippen LogP) is 1.59. The Morgan fingerprint density at radius 1 is 0.629 bits per heavy atom. The van der Waals surface area contributed by atoms with E-state index < -0.39 is 80.9 Å². The topological polar surface area (TPSA) is 300 Å². The molecule has 0 aliphatic carbocycles. The van der Waals surface area contributed by atoms with E-state index >= 15 is 0 Å². The number of carbonyl (C=O) groups excluding carboxylic acids is 2. The molecule has 2 heterocycles. The third-order valence-electron chi connectivity index (χ3n) is 9.62. The first-order valence-corrected chi connectivity index (χ1v) is 25.0. The fourth-order valence-electron chi connectivity index (χ4n) is 6.07. The smallest absolute Gasteiger partial charge is 0.550 e. The van der Waals surface area contributed by atoms with Gasteiger partial charge in [-0.05, 0) is 74.5 Å². The van der Waals surface area contributed by atoms with Crippen LogP contribution in [0.1, 0.15) is 87.7 Å². The minimum atomic E-state index is -3.66. The number of carboxylic acid groups (broad SMARTS) is 2.